The molecule has 15 heteroatoms. The summed E-state index contributed by atoms with van der Waals surface area (Å²) in [5.41, 5.74) is 23.4. The quantitative estimate of drug-likeness (QED) is 0.0613. The van der Waals surface area contributed by atoms with Crippen molar-refractivity contribution < 1.29 is 29.1 Å². The van der Waals surface area contributed by atoms with Crippen molar-refractivity contribution in [2.24, 2.45) is 27.9 Å². The molecule has 0 saturated carbocycles. The molecule has 2 rings (SSSR count). The second-order valence-corrected chi connectivity index (χ2v) is 8.86. The molecular formula is C24H35N9O6. The number of aromatic nitrogens is 1. The molecule has 39 heavy (non-hydrogen) atoms. The van der Waals surface area contributed by atoms with Crippen molar-refractivity contribution in [3.63, 3.8) is 0 Å². The third kappa shape index (κ3) is 10.3. The Morgan fingerprint density at radius 2 is 1.69 bits per heavy atom. The first kappa shape index (κ1) is 30.6. The topological polar surface area (TPSA) is 274 Å². The molecule has 0 fully saturated rings. The summed E-state index contributed by atoms with van der Waals surface area (Å²) in [6.07, 6.45) is 1.85. The fraction of sp³-hybridized carbons (Fsp3) is 0.417. The van der Waals surface area contributed by atoms with Gasteiger partial charge in [-0.05, 0) is 37.3 Å². The summed E-state index contributed by atoms with van der Waals surface area (Å²) in [5, 5.41) is 17.5. The molecule has 4 amide bonds. The summed E-state index contributed by atoms with van der Waals surface area (Å²) in [6.45, 7) is -0.312. The predicted molar refractivity (Wildman–Crippen MR) is 143 cm³/mol. The van der Waals surface area contributed by atoms with E-state index in [9.17, 15) is 29.1 Å². The van der Waals surface area contributed by atoms with Gasteiger partial charge in [-0.3, -0.25) is 24.2 Å². The number of H-pyrrole nitrogens is 1. The first-order chi connectivity index (χ1) is 18.5. The molecule has 3 atom stereocenters. The lowest BCUT2D eigenvalue weighted by Crippen LogP contribution is -2.54. The van der Waals surface area contributed by atoms with Crippen molar-refractivity contribution in [3.8, 4) is 0 Å². The molecule has 1 aromatic heterocycles. The molecule has 212 valence electrons. The van der Waals surface area contributed by atoms with Crippen LogP contribution in [0.1, 0.15) is 31.2 Å². The van der Waals surface area contributed by atoms with E-state index in [0.29, 0.717) is 0 Å². The fourth-order valence-corrected chi connectivity index (χ4v) is 3.76. The minimum absolute atomic E-state index is 0.0601. The van der Waals surface area contributed by atoms with Crippen LogP contribution in [0.2, 0.25) is 0 Å². The number of carboxylic acids is 1. The number of carbonyl (C=O) groups is 5. The van der Waals surface area contributed by atoms with Crippen LogP contribution in [-0.2, 0) is 30.4 Å². The van der Waals surface area contributed by atoms with Crippen molar-refractivity contribution in [1.29, 1.82) is 0 Å². The normalized spacial score (nSPS) is 13.1. The van der Waals surface area contributed by atoms with Crippen LogP contribution in [0.5, 0.6) is 0 Å². The third-order valence-electron chi connectivity index (χ3n) is 5.77. The number of guanidine groups is 1. The number of carbonyl (C=O) groups excluding carboxylic acids is 4. The van der Waals surface area contributed by atoms with E-state index in [2.05, 4.69) is 25.9 Å². The molecule has 0 aliphatic heterocycles. The molecule has 13 N–H and O–H groups in total. The van der Waals surface area contributed by atoms with Gasteiger partial charge in [0.25, 0.3) is 0 Å². The average Bonchev–Trinajstić information content (AvgIpc) is 3.28. The Balaban J connectivity index is 1.96. The summed E-state index contributed by atoms with van der Waals surface area (Å²) in [4.78, 5) is 67.3. The Labute approximate surface area is 224 Å². The van der Waals surface area contributed by atoms with Crippen molar-refractivity contribution >= 4 is 46.5 Å². The summed E-state index contributed by atoms with van der Waals surface area (Å²) in [6, 6.07) is 4.05. The van der Waals surface area contributed by atoms with Crippen molar-refractivity contribution in [2.75, 3.05) is 13.1 Å². The molecule has 0 bridgehead atoms. The average molecular weight is 546 g/mol. The zero-order chi connectivity index (χ0) is 28.9. The maximum atomic E-state index is 12.8. The maximum Gasteiger partial charge on any atom is 0.326 e. The van der Waals surface area contributed by atoms with Crippen molar-refractivity contribution in [1.82, 2.24) is 20.9 Å². The molecule has 0 spiro atoms. The van der Waals surface area contributed by atoms with Crippen LogP contribution in [0.3, 0.4) is 0 Å². The number of nitrogens with one attached hydrogen (secondary N) is 4. The standard InChI is InChI=1S/C24H35N9O6/c25-15(10-13-11-30-16-5-2-1-4-14(13)16)21(36)31-12-20(35)32-17(6-3-9-29-24(27)28)22(37)33-18(23(38)39)7-8-19(26)34/h1-2,4-5,11,15,17-18,30H,3,6-10,12,25H2,(H2,26,34)(H,31,36)(H,32,35)(H,33,37)(H,38,39)(H4,27,28,29). The van der Waals surface area contributed by atoms with Crippen LogP contribution in [0.4, 0.5) is 0 Å². The summed E-state index contributed by atoms with van der Waals surface area (Å²) in [7, 11) is 0. The number of aromatic amines is 1. The minimum atomic E-state index is -1.40. The van der Waals surface area contributed by atoms with Crippen LogP contribution >= 0.6 is 0 Å². The molecule has 15 nitrogen and oxygen atoms in total. The van der Waals surface area contributed by atoms with Gasteiger partial charge < -0.3 is 49.0 Å². The fourth-order valence-electron chi connectivity index (χ4n) is 3.76. The highest BCUT2D eigenvalue weighted by Crippen LogP contribution is 2.18. The largest absolute Gasteiger partial charge is 0.480 e. The lowest BCUT2D eigenvalue weighted by Gasteiger charge is -2.21. The number of primary amides is 1. The maximum absolute atomic E-state index is 12.8. The molecule has 2 aromatic rings. The Morgan fingerprint density at radius 1 is 0.974 bits per heavy atom. The second-order valence-electron chi connectivity index (χ2n) is 8.86. The van der Waals surface area contributed by atoms with Gasteiger partial charge in [0.05, 0.1) is 12.6 Å². The number of hydrogen-bond acceptors (Lipinski definition) is 7. The highest BCUT2D eigenvalue weighted by atomic mass is 16.4. The van der Waals surface area contributed by atoms with Gasteiger partial charge in [0, 0.05) is 30.1 Å². The van der Waals surface area contributed by atoms with Gasteiger partial charge in [-0.1, -0.05) is 18.2 Å². The number of amides is 4. The minimum Gasteiger partial charge on any atom is -0.480 e. The van der Waals surface area contributed by atoms with E-state index in [1.807, 2.05) is 24.3 Å². The van der Waals surface area contributed by atoms with Gasteiger partial charge in [0.15, 0.2) is 5.96 Å². The van der Waals surface area contributed by atoms with Crippen LogP contribution in [-0.4, -0.2) is 76.9 Å². The number of benzene rings is 1. The second kappa shape index (κ2) is 14.9. The lowest BCUT2D eigenvalue weighted by molar-refractivity contribution is -0.142. The lowest BCUT2D eigenvalue weighted by atomic mass is 10.1. The van der Waals surface area contributed by atoms with Gasteiger partial charge in [-0.2, -0.15) is 0 Å². The Bertz CT molecular complexity index is 1210. The zero-order valence-electron chi connectivity index (χ0n) is 21.3. The number of nitrogens with two attached hydrogens (primary N) is 4. The summed E-state index contributed by atoms with van der Waals surface area (Å²) < 4.78 is 0. The summed E-state index contributed by atoms with van der Waals surface area (Å²) >= 11 is 0. The first-order valence-electron chi connectivity index (χ1n) is 12.2. The highest BCUT2D eigenvalue weighted by molar-refractivity contribution is 5.93. The first-order valence-corrected chi connectivity index (χ1v) is 12.2. The SMILES string of the molecule is NC(=O)CCC(NC(=O)C(CCCN=C(N)N)NC(=O)CNC(=O)C(N)Cc1c[nH]c2ccccc12)C(=O)O. The zero-order valence-corrected chi connectivity index (χ0v) is 21.3. The van der Waals surface area contributed by atoms with Crippen molar-refractivity contribution in [3.05, 3.63) is 36.0 Å². The van der Waals surface area contributed by atoms with E-state index in [1.165, 1.54) is 0 Å². The van der Waals surface area contributed by atoms with E-state index >= 15 is 0 Å². The molecule has 0 saturated heterocycles. The Morgan fingerprint density at radius 3 is 2.36 bits per heavy atom. The van der Waals surface area contributed by atoms with Crippen LogP contribution in [0, 0.1) is 0 Å². The molecule has 0 radical (unpaired) electrons. The van der Waals surface area contributed by atoms with E-state index in [1.54, 1.807) is 6.20 Å². The van der Waals surface area contributed by atoms with E-state index in [-0.39, 0.29) is 44.6 Å². The van der Waals surface area contributed by atoms with Gasteiger partial charge in [0.1, 0.15) is 12.1 Å². The van der Waals surface area contributed by atoms with Crippen LogP contribution in [0.25, 0.3) is 10.9 Å². The van der Waals surface area contributed by atoms with Crippen LogP contribution < -0.4 is 38.9 Å². The molecular weight excluding hydrogens is 510 g/mol. The third-order valence-corrected chi connectivity index (χ3v) is 5.77. The molecule has 0 aliphatic carbocycles. The van der Waals surface area contributed by atoms with Gasteiger partial charge in [-0.25, -0.2) is 4.79 Å². The van der Waals surface area contributed by atoms with E-state index < -0.39 is 54.3 Å². The number of fused-ring (bicyclic) bond motifs is 1. The van der Waals surface area contributed by atoms with E-state index in [0.717, 1.165) is 16.5 Å². The number of nitrogens with zero attached hydrogens (tertiary/aromatic N) is 1. The van der Waals surface area contributed by atoms with Crippen molar-refractivity contribution in [2.45, 2.75) is 50.2 Å². The smallest absolute Gasteiger partial charge is 0.326 e. The monoisotopic (exact) mass is 545 g/mol. The molecule has 1 heterocycles. The summed E-state index contributed by atoms with van der Waals surface area (Å²) in [5.74, 6) is -4.31. The molecule has 1 aromatic carbocycles. The van der Waals surface area contributed by atoms with Gasteiger partial charge in [-0.15, -0.1) is 0 Å². The number of aliphatic carboxylic acids is 1. The number of aliphatic imine (C=N–C) groups is 1. The number of hydrogen-bond donors (Lipinski definition) is 9. The van der Waals surface area contributed by atoms with Crippen LogP contribution in [0.15, 0.2) is 35.5 Å². The van der Waals surface area contributed by atoms with E-state index in [4.69, 9.17) is 22.9 Å². The Hall–Kier alpha value is -4.66. The highest BCUT2D eigenvalue weighted by Gasteiger charge is 2.27. The number of carboxylic acid groups (broad SMARTS) is 1. The van der Waals surface area contributed by atoms with Gasteiger partial charge in [0.2, 0.25) is 23.6 Å². The molecule has 3 unspecified atom stereocenters. The Kier molecular flexibility index (Phi) is 11.7. The molecule has 0 aliphatic rings. The predicted octanol–water partition coefficient (Wildman–Crippen LogP) is -2.47. The number of rotatable bonds is 16. The van der Waals surface area contributed by atoms with Gasteiger partial charge >= 0.3 is 5.97 Å². The number of para-hydroxylation sites is 1.